The normalized spacial score (nSPS) is 35.7. The predicted molar refractivity (Wildman–Crippen MR) is 58.7 cm³/mol. The predicted octanol–water partition coefficient (Wildman–Crippen LogP) is 0.0485. The molecule has 3 amide bonds. The Balaban J connectivity index is 1.78. The molecule has 0 aromatic rings. The lowest BCUT2D eigenvalue weighted by Gasteiger charge is -2.26. The van der Waals surface area contributed by atoms with Gasteiger partial charge in [-0.1, -0.05) is 6.92 Å². The summed E-state index contributed by atoms with van der Waals surface area (Å²) in [6.45, 7) is 2.05. The maximum absolute atomic E-state index is 12.3. The number of rotatable bonds is 3. The number of nitrogens with one attached hydrogen (secondary N) is 1. The molecule has 1 saturated heterocycles. The minimum absolute atomic E-state index is 0.0786. The lowest BCUT2D eigenvalue weighted by molar-refractivity contribution is -0.140. The monoisotopic (exact) mass is 236 g/mol. The molecule has 1 heterocycles. The van der Waals surface area contributed by atoms with Gasteiger partial charge in [-0.05, 0) is 25.2 Å². The zero-order valence-electron chi connectivity index (χ0n) is 9.81. The lowest BCUT2D eigenvalue weighted by atomic mass is 10.1. The Morgan fingerprint density at radius 2 is 2.00 bits per heavy atom. The summed E-state index contributed by atoms with van der Waals surface area (Å²) < 4.78 is 0. The fraction of sp³-hybridized carbons (Fsp3) is 0.750. The van der Waals surface area contributed by atoms with Gasteiger partial charge in [0.1, 0.15) is 6.04 Å². The summed E-state index contributed by atoms with van der Waals surface area (Å²) in [5.41, 5.74) is 0. The minimum Gasteiger partial charge on any atom is -0.327 e. The van der Waals surface area contributed by atoms with Crippen LogP contribution in [0.15, 0.2) is 0 Å². The molecule has 92 valence electrons. The maximum Gasteiger partial charge on any atom is 0.249 e. The molecule has 1 aliphatic heterocycles. The van der Waals surface area contributed by atoms with Gasteiger partial charge in [0, 0.05) is 12.0 Å². The van der Waals surface area contributed by atoms with Crippen molar-refractivity contribution in [1.29, 1.82) is 0 Å². The summed E-state index contributed by atoms with van der Waals surface area (Å²) in [4.78, 5) is 36.8. The molecule has 0 bridgehead atoms. The highest BCUT2D eigenvalue weighted by atomic mass is 16.2. The zero-order valence-corrected chi connectivity index (χ0v) is 9.81. The standard InChI is InChI=1S/C12H16N2O3/c1-6-4-8(6)12(17)14(7-2-3-7)9-5-10(15)13-11(9)16/h6-9H,2-5H2,1H3,(H,13,15,16)/t6-,8-,9+/m1/s1. The molecule has 0 aromatic carbocycles. The van der Waals surface area contributed by atoms with Gasteiger partial charge >= 0.3 is 0 Å². The van der Waals surface area contributed by atoms with E-state index in [1.807, 2.05) is 6.92 Å². The topological polar surface area (TPSA) is 66.5 Å². The van der Waals surface area contributed by atoms with Crippen molar-refractivity contribution in [3.63, 3.8) is 0 Å². The first kappa shape index (κ1) is 10.7. The van der Waals surface area contributed by atoms with Gasteiger partial charge in [0.05, 0.1) is 6.42 Å². The van der Waals surface area contributed by atoms with Crippen LogP contribution >= 0.6 is 0 Å². The van der Waals surface area contributed by atoms with Crippen LogP contribution in [0.3, 0.4) is 0 Å². The van der Waals surface area contributed by atoms with Gasteiger partial charge < -0.3 is 4.90 Å². The third kappa shape index (κ3) is 1.83. The smallest absolute Gasteiger partial charge is 0.249 e. The highest BCUT2D eigenvalue weighted by molar-refractivity contribution is 6.07. The molecule has 3 aliphatic rings. The van der Waals surface area contributed by atoms with Crippen LogP contribution < -0.4 is 5.32 Å². The summed E-state index contributed by atoms with van der Waals surface area (Å²) in [6, 6.07) is -0.354. The Kier molecular flexibility index (Phi) is 2.24. The van der Waals surface area contributed by atoms with E-state index in [9.17, 15) is 14.4 Å². The van der Waals surface area contributed by atoms with Crippen LogP contribution in [-0.2, 0) is 14.4 Å². The van der Waals surface area contributed by atoms with Crippen molar-refractivity contribution >= 4 is 17.7 Å². The second kappa shape index (κ2) is 3.55. The molecule has 3 fully saturated rings. The summed E-state index contributed by atoms with van der Waals surface area (Å²) in [5.74, 6) is 0.0312. The van der Waals surface area contributed by atoms with Crippen molar-refractivity contribution in [2.45, 2.75) is 44.7 Å². The summed E-state index contributed by atoms with van der Waals surface area (Å²) >= 11 is 0. The number of imide groups is 1. The molecule has 3 atom stereocenters. The van der Waals surface area contributed by atoms with Crippen LogP contribution in [0.1, 0.15) is 32.6 Å². The summed E-state index contributed by atoms with van der Waals surface area (Å²) in [6.07, 6.45) is 2.99. The minimum atomic E-state index is -0.546. The van der Waals surface area contributed by atoms with Crippen molar-refractivity contribution in [1.82, 2.24) is 10.2 Å². The van der Waals surface area contributed by atoms with E-state index in [1.165, 1.54) is 0 Å². The van der Waals surface area contributed by atoms with Gasteiger partial charge in [-0.25, -0.2) is 0 Å². The molecular formula is C12H16N2O3. The van der Waals surface area contributed by atoms with Crippen molar-refractivity contribution in [2.75, 3.05) is 0 Å². The van der Waals surface area contributed by atoms with E-state index < -0.39 is 6.04 Å². The maximum atomic E-state index is 12.3. The SMILES string of the molecule is C[C@@H]1C[C@H]1C(=O)N(C1CC1)[C@H]1CC(=O)NC1=O. The van der Waals surface area contributed by atoms with Crippen molar-refractivity contribution in [3.05, 3.63) is 0 Å². The highest BCUT2D eigenvalue weighted by Crippen LogP contribution is 2.42. The van der Waals surface area contributed by atoms with E-state index in [2.05, 4.69) is 5.32 Å². The molecule has 0 radical (unpaired) electrons. The summed E-state index contributed by atoms with van der Waals surface area (Å²) in [7, 11) is 0. The molecule has 2 aliphatic carbocycles. The Hall–Kier alpha value is -1.39. The van der Waals surface area contributed by atoms with Gasteiger partial charge in [-0.3, -0.25) is 19.7 Å². The van der Waals surface area contributed by atoms with E-state index in [4.69, 9.17) is 0 Å². The molecular weight excluding hydrogens is 220 g/mol. The largest absolute Gasteiger partial charge is 0.327 e. The molecule has 2 saturated carbocycles. The Morgan fingerprint density at radius 1 is 1.35 bits per heavy atom. The molecule has 0 spiro atoms. The fourth-order valence-electron chi connectivity index (χ4n) is 2.56. The number of hydrogen-bond acceptors (Lipinski definition) is 3. The molecule has 5 heteroatoms. The summed E-state index contributed by atoms with van der Waals surface area (Å²) in [5, 5.41) is 2.28. The number of carbonyl (C=O) groups excluding carboxylic acids is 3. The van der Waals surface area contributed by atoms with E-state index in [0.29, 0.717) is 5.92 Å². The molecule has 1 N–H and O–H groups in total. The first-order valence-electron chi connectivity index (χ1n) is 6.24. The van der Waals surface area contributed by atoms with E-state index >= 15 is 0 Å². The van der Waals surface area contributed by atoms with E-state index in [0.717, 1.165) is 19.3 Å². The van der Waals surface area contributed by atoms with Gasteiger partial charge in [-0.15, -0.1) is 0 Å². The zero-order chi connectivity index (χ0) is 12.2. The average molecular weight is 236 g/mol. The van der Waals surface area contributed by atoms with Crippen LogP contribution in [0.2, 0.25) is 0 Å². The number of carbonyl (C=O) groups is 3. The van der Waals surface area contributed by atoms with Crippen LogP contribution in [0.25, 0.3) is 0 Å². The molecule has 17 heavy (non-hydrogen) atoms. The van der Waals surface area contributed by atoms with E-state index in [-0.39, 0.29) is 36.1 Å². The Labute approximate surface area is 99.5 Å². The Morgan fingerprint density at radius 3 is 2.41 bits per heavy atom. The van der Waals surface area contributed by atoms with Gasteiger partial charge in [-0.2, -0.15) is 0 Å². The quantitative estimate of drug-likeness (QED) is 0.704. The van der Waals surface area contributed by atoms with Crippen LogP contribution in [0, 0.1) is 11.8 Å². The average Bonchev–Trinajstić information content (AvgIpc) is 3.13. The van der Waals surface area contributed by atoms with Gasteiger partial charge in [0.25, 0.3) is 0 Å². The van der Waals surface area contributed by atoms with Gasteiger partial charge in [0.2, 0.25) is 17.7 Å². The number of nitrogens with zero attached hydrogens (tertiary/aromatic N) is 1. The second-order valence-corrected chi connectivity index (χ2v) is 5.43. The molecule has 0 aromatic heterocycles. The lowest BCUT2D eigenvalue weighted by Crippen LogP contribution is -2.46. The van der Waals surface area contributed by atoms with Gasteiger partial charge in [0.15, 0.2) is 0 Å². The van der Waals surface area contributed by atoms with Crippen molar-refractivity contribution in [2.24, 2.45) is 11.8 Å². The third-order valence-electron chi connectivity index (χ3n) is 3.90. The number of hydrogen-bond donors (Lipinski definition) is 1. The fourth-order valence-corrected chi connectivity index (χ4v) is 2.56. The first-order valence-corrected chi connectivity index (χ1v) is 6.24. The van der Waals surface area contributed by atoms with Crippen molar-refractivity contribution < 1.29 is 14.4 Å². The second-order valence-electron chi connectivity index (χ2n) is 5.43. The third-order valence-corrected chi connectivity index (χ3v) is 3.90. The van der Waals surface area contributed by atoms with Crippen LogP contribution in [0.5, 0.6) is 0 Å². The number of amides is 3. The van der Waals surface area contributed by atoms with Crippen LogP contribution in [-0.4, -0.2) is 34.7 Å². The molecule has 5 nitrogen and oxygen atoms in total. The van der Waals surface area contributed by atoms with Crippen molar-refractivity contribution in [3.8, 4) is 0 Å². The first-order chi connectivity index (χ1) is 8.08. The van der Waals surface area contributed by atoms with E-state index in [1.54, 1.807) is 4.90 Å². The molecule has 3 rings (SSSR count). The highest BCUT2D eigenvalue weighted by Gasteiger charge is 2.50. The molecule has 0 unspecified atom stereocenters. The van der Waals surface area contributed by atoms with Crippen LogP contribution in [0.4, 0.5) is 0 Å². The Bertz CT molecular complexity index is 403.